The second kappa shape index (κ2) is 8.08. The molecule has 2 amide bonds. The van der Waals surface area contributed by atoms with Gasteiger partial charge in [-0.2, -0.15) is 0 Å². The molecular formula is C16H19ClN2O3S. The van der Waals surface area contributed by atoms with Crippen molar-refractivity contribution in [3.63, 3.8) is 0 Å². The zero-order chi connectivity index (χ0) is 16.8. The molecule has 0 aliphatic carbocycles. The topological polar surface area (TPSA) is 59.6 Å². The first-order valence-electron chi connectivity index (χ1n) is 7.04. The lowest BCUT2D eigenvalue weighted by molar-refractivity contribution is 0.237. The van der Waals surface area contributed by atoms with Crippen LogP contribution in [0.4, 0.5) is 4.79 Å². The van der Waals surface area contributed by atoms with Crippen molar-refractivity contribution in [2.75, 3.05) is 14.2 Å². The Labute approximate surface area is 144 Å². The van der Waals surface area contributed by atoms with Crippen LogP contribution in [0.3, 0.4) is 0 Å². The average molecular weight is 355 g/mol. The van der Waals surface area contributed by atoms with E-state index in [4.69, 9.17) is 21.1 Å². The third-order valence-electron chi connectivity index (χ3n) is 3.27. The van der Waals surface area contributed by atoms with E-state index in [1.165, 1.54) is 11.3 Å². The van der Waals surface area contributed by atoms with Gasteiger partial charge in [0.15, 0.2) is 11.5 Å². The Morgan fingerprint density at radius 2 is 1.96 bits per heavy atom. The minimum atomic E-state index is -0.239. The van der Waals surface area contributed by atoms with Crippen molar-refractivity contribution in [3.8, 4) is 11.5 Å². The van der Waals surface area contributed by atoms with Crippen LogP contribution in [0.25, 0.3) is 0 Å². The van der Waals surface area contributed by atoms with Gasteiger partial charge in [-0.15, -0.1) is 11.3 Å². The molecule has 0 aliphatic rings. The van der Waals surface area contributed by atoms with Crippen LogP contribution < -0.4 is 20.1 Å². The summed E-state index contributed by atoms with van der Waals surface area (Å²) in [7, 11) is 3.16. The van der Waals surface area contributed by atoms with Crippen molar-refractivity contribution in [1.29, 1.82) is 0 Å². The van der Waals surface area contributed by atoms with E-state index in [1.807, 2.05) is 37.3 Å². The van der Waals surface area contributed by atoms with Crippen molar-refractivity contribution in [3.05, 3.63) is 45.1 Å². The lowest BCUT2D eigenvalue weighted by Crippen LogP contribution is -2.36. The van der Waals surface area contributed by atoms with Gasteiger partial charge >= 0.3 is 6.03 Å². The zero-order valence-electron chi connectivity index (χ0n) is 13.2. The monoisotopic (exact) mass is 354 g/mol. The molecule has 2 rings (SSSR count). The molecular weight excluding hydrogens is 336 g/mol. The Kier molecular flexibility index (Phi) is 6.12. The second-order valence-corrected chi connectivity index (χ2v) is 6.63. The number of methoxy groups -OCH3 is 2. The molecule has 23 heavy (non-hydrogen) atoms. The highest BCUT2D eigenvalue weighted by atomic mass is 35.5. The molecule has 1 unspecified atom stereocenters. The fourth-order valence-corrected chi connectivity index (χ4v) is 3.12. The summed E-state index contributed by atoms with van der Waals surface area (Å²) in [6, 6.07) is 8.92. The van der Waals surface area contributed by atoms with Crippen LogP contribution in [0.2, 0.25) is 4.34 Å². The summed E-state index contributed by atoms with van der Waals surface area (Å²) in [6.45, 7) is 2.31. The van der Waals surface area contributed by atoms with Crippen LogP contribution in [0.15, 0.2) is 30.3 Å². The normalized spacial score (nSPS) is 11.7. The first kappa shape index (κ1) is 17.4. The second-order valence-electron chi connectivity index (χ2n) is 4.88. The maximum Gasteiger partial charge on any atom is 0.315 e. The number of carbonyl (C=O) groups is 1. The number of halogens is 1. The Balaban J connectivity index is 1.89. The molecule has 0 fully saturated rings. The molecule has 7 heteroatoms. The Hall–Kier alpha value is -1.92. The van der Waals surface area contributed by atoms with Gasteiger partial charge in [-0.05, 0) is 36.8 Å². The number of carbonyl (C=O) groups excluding carboxylic acids is 1. The van der Waals surface area contributed by atoms with Gasteiger partial charge in [-0.1, -0.05) is 17.7 Å². The van der Waals surface area contributed by atoms with Crippen LogP contribution >= 0.6 is 22.9 Å². The van der Waals surface area contributed by atoms with Crippen LogP contribution in [-0.2, 0) is 6.54 Å². The molecule has 0 bridgehead atoms. The van der Waals surface area contributed by atoms with Gasteiger partial charge < -0.3 is 20.1 Å². The molecule has 124 valence electrons. The fourth-order valence-electron chi connectivity index (χ4n) is 2.05. The SMILES string of the molecule is COc1ccc(CNC(=O)NC(C)c2ccc(Cl)s2)cc1OC. The highest BCUT2D eigenvalue weighted by Gasteiger charge is 2.12. The molecule has 1 aromatic carbocycles. The predicted octanol–water partition coefficient (Wildman–Crippen LogP) is 3.98. The number of amides is 2. The lowest BCUT2D eigenvalue weighted by atomic mass is 10.2. The van der Waals surface area contributed by atoms with E-state index in [0.29, 0.717) is 22.4 Å². The Morgan fingerprint density at radius 1 is 1.22 bits per heavy atom. The third kappa shape index (κ3) is 4.77. The summed E-state index contributed by atoms with van der Waals surface area (Å²) in [6.07, 6.45) is 0. The van der Waals surface area contributed by atoms with Crippen LogP contribution in [-0.4, -0.2) is 20.3 Å². The number of hydrogen-bond donors (Lipinski definition) is 2. The number of ether oxygens (including phenoxy) is 2. The molecule has 0 saturated heterocycles. The number of hydrogen-bond acceptors (Lipinski definition) is 4. The first-order chi connectivity index (χ1) is 11.0. The predicted molar refractivity (Wildman–Crippen MR) is 92.7 cm³/mol. The van der Waals surface area contributed by atoms with Gasteiger partial charge in [0.25, 0.3) is 0 Å². The van der Waals surface area contributed by atoms with Gasteiger partial charge in [0.1, 0.15) is 0 Å². The summed E-state index contributed by atoms with van der Waals surface area (Å²) in [5, 5.41) is 5.70. The van der Waals surface area contributed by atoms with Gasteiger partial charge in [0.2, 0.25) is 0 Å². The lowest BCUT2D eigenvalue weighted by Gasteiger charge is -2.14. The smallest absolute Gasteiger partial charge is 0.315 e. The minimum Gasteiger partial charge on any atom is -0.493 e. The number of nitrogens with one attached hydrogen (secondary N) is 2. The third-order valence-corrected chi connectivity index (χ3v) is 4.68. The molecule has 2 aromatic rings. The summed E-state index contributed by atoms with van der Waals surface area (Å²) in [5.74, 6) is 1.29. The van der Waals surface area contributed by atoms with Gasteiger partial charge in [0.05, 0.1) is 24.6 Å². The van der Waals surface area contributed by atoms with Gasteiger partial charge in [-0.25, -0.2) is 4.79 Å². The molecule has 1 aromatic heterocycles. The molecule has 0 radical (unpaired) electrons. The average Bonchev–Trinajstić information content (AvgIpc) is 2.99. The minimum absolute atomic E-state index is 0.0992. The zero-order valence-corrected chi connectivity index (χ0v) is 14.8. The highest BCUT2D eigenvalue weighted by molar-refractivity contribution is 7.16. The number of benzene rings is 1. The number of thiophene rings is 1. The summed E-state index contributed by atoms with van der Waals surface area (Å²) in [4.78, 5) is 13.0. The van der Waals surface area contributed by atoms with Crippen molar-refractivity contribution in [2.45, 2.75) is 19.5 Å². The van der Waals surface area contributed by atoms with Crippen molar-refractivity contribution in [1.82, 2.24) is 10.6 Å². The summed E-state index contributed by atoms with van der Waals surface area (Å²) < 4.78 is 11.1. The van der Waals surface area contributed by atoms with E-state index in [9.17, 15) is 4.79 Å². The molecule has 0 aliphatic heterocycles. The molecule has 1 heterocycles. The maximum atomic E-state index is 12.0. The van der Waals surface area contributed by atoms with Crippen LogP contribution in [0.5, 0.6) is 11.5 Å². The summed E-state index contributed by atoms with van der Waals surface area (Å²) in [5.41, 5.74) is 0.921. The van der Waals surface area contributed by atoms with Crippen molar-refractivity contribution in [2.24, 2.45) is 0 Å². The maximum absolute atomic E-state index is 12.0. The van der Waals surface area contributed by atoms with Crippen molar-refractivity contribution < 1.29 is 14.3 Å². The number of urea groups is 1. The fraction of sp³-hybridized carbons (Fsp3) is 0.312. The van der Waals surface area contributed by atoms with E-state index < -0.39 is 0 Å². The Bertz CT molecular complexity index is 675. The number of rotatable bonds is 6. The van der Waals surface area contributed by atoms with E-state index in [1.54, 1.807) is 14.2 Å². The van der Waals surface area contributed by atoms with Gasteiger partial charge in [-0.3, -0.25) is 0 Å². The standard InChI is InChI=1S/C16H19ClN2O3S/c1-10(14-6-7-15(17)23-14)19-16(20)18-9-11-4-5-12(21-2)13(8-11)22-3/h4-8,10H,9H2,1-3H3,(H2,18,19,20). The molecule has 5 nitrogen and oxygen atoms in total. The van der Waals surface area contributed by atoms with E-state index in [2.05, 4.69) is 10.6 Å². The van der Waals surface area contributed by atoms with E-state index >= 15 is 0 Å². The molecule has 0 saturated carbocycles. The van der Waals surface area contributed by atoms with Crippen molar-refractivity contribution >= 4 is 29.0 Å². The summed E-state index contributed by atoms with van der Waals surface area (Å²) >= 11 is 7.36. The highest BCUT2D eigenvalue weighted by Crippen LogP contribution is 2.28. The molecule has 1 atom stereocenters. The first-order valence-corrected chi connectivity index (χ1v) is 8.23. The molecule has 0 spiro atoms. The quantitative estimate of drug-likeness (QED) is 0.824. The Morgan fingerprint density at radius 3 is 2.57 bits per heavy atom. The van der Waals surface area contributed by atoms with Crippen LogP contribution in [0.1, 0.15) is 23.4 Å². The van der Waals surface area contributed by atoms with E-state index in [-0.39, 0.29) is 12.1 Å². The largest absolute Gasteiger partial charge is 0.493 e. The van der Waals surface area contributed by atoms with E-state index in [0.717, 1.165) is 10.4 Å². The van der Waals surface area contributed by atoms with Gasteiger partial charge in [0, 0.05) is 11.4 Å². The molecule has 2 N–H and O–H groups in total. The van der Waals surface area contributed by atoms with Crippen LogP contribution in [0, 0.1) is 0 Å².